The van der Waals surface area contributed by atoms with Crippen LogP contribution >= 0.6 is 23.4 Å². The van der Waals surface area contributed by atoms with Gasteiger partial charge in [0.15, 0.2) is 0 Å². The molecule has 0 radical (unpaired) electrons. The van der Waals surface area contributed by atoms with Gasteiger partial charge in [-0.15, -0.1) is 0 Å². The Morgan fingerprint density at radius 2 is 1.78 bits per heavy atom. The molecule has 5 rings (SSSR count). The number of aryl methyl sites for hydroxylation is 1. The zero-order valence-electron chi connectivity index (χ0n) is 20.7. The Balaban J connectivity index is 1.68. The first kappa shape index (κ1) is 25.0. The number of nitrogens with zero attached hydrogens (tertiary/aromatic N) is 2. The van der Waals surface area contributed by atoms with E-state index >= 15 is 0 Å². The van der Waals surface area contributed by atoms with E-state index in [1.807, 2.05) is 60.1 Å². The molecule has 2 amide bonds. The van der Waals surface area contributed by atoms with Gasteiger partial charge < -0.3 is 19.4 Å². The van der Waals surface area contributed by atoms with Gasteiger partial charge in [-0.25, -0.2) is 0 Å². The number of methoxy groups -OCH3 is 2. The van der Waals surface area contributed by atoms with E-state index in [1.165, 1.54) is 23.8 Å². The average molecular weight is 536 g/mol. The lowest BCUT2D eigenvalue weighted by atomic mass is 10.0. The third kappa shape index (κ3) is 4.51. The molecular formula is C28H26ClN3O4S. The molecule has 7 nitrogen and oxygen atoms in total. The number of benzene rings is 3. The van der Waals surface area contributed by atoms with Crippen LogP contribution in [0, 0.1) is 0 Å². The van der Waals surface area contributed by atoms with E-state index in [0.29, 0.717) is 22.2 Å². The van der Waals surface area contributed by atoms with Gasteiger partial charge in [0.05, 0.1) is 30.7 Å². The smallest absolute Gasteiger partial charge is 0.248 e. The lowest BCUT2D eigenvalue weighted by Gasteiger charge is -2.31. The molecule has 1 N–H and O–H groups in total. The minimum atomic E-state index is -0.953. The third-order valence-electron chi connectivity index (χ3n) is 6.52. The van der Waals surface area contributed by atoms with E-state index < -0.39 is 6.04 Å². The maximum atomic E-state index is 14.1. The number of amides is 2. The monoisotopic (exact) mass is 535 g/mol. The number of halogens is 1. The summed E-state index contributed by atoms with van der Waals surface area (Å²) in [5, 5.41) is 5.27. The lowest BCUT2D eigenvalue weighted by molar-refractivity contribution is -0.125. The second kappa shape index (κ2) is 10.4. The van der Waals surface area contributed by atoms with Crippen LogP contribution in [0.2, 0.25) is 5.02 Å². The largest absolute Gasteiger partial charge is 0.496 e. The highest BCUT2D eigenvalue weighted by Crippen LogP contribution is 2.45. The summed E-state index contributed by atoms with van der Waals surface area (Å²) in [6.45, 7) is 0.237. The number of fused-ring (bicyclic) bond motifs is 3. The molecule has 1 atom stereocenters. The first-order valence-electron chi connectivity index (χ1n) is 11.7. The zero-order chi connectivity index (χ0) is 26.1. The summed E-state index contributed by atoms with van der Waals surface area (Å²) >= 11 is 7.79. The van der Waals surface area contributed by atoms with Crippen molar-refractivity contribution in [3.63, 3.8) is 0 Å². The van der Waals surface area contributed by atoms with Crippen LogP contribution in [0.1, 0.15) is 17.2 Å². The number of hydrogen-bond donors (Lipinski definition) is 1. The van der Waals surface area contributed by atoms with Gasteiger partial charge in [0.25, 0.3) is 0 Å². The van der Waals surface area contributed by atoms with Crippen LogP contribution in [0.3, 0.4) is 0 Å². The highest BCUT2D eigenvalue weighted by Gasteiger charge is 2.40. The number of ether oxygens (including phenoxy) is 2. The quantitative estimate of drug-likeness (QED) is 0.360. The number of thioether (sulfide) groups is 1. The van der Waals surface area contributed by atoms with Gasteiger partial charge in [-0.05, 0) is 30.3 Å². The molecule has 0 spiro atoms. The lowest BCUT2D eigenvalue weighted by Crippen LogP contribution is -2.44. The summed E-state index contributed by atoms with van der Waals surface area (Å²) in [5.74, 6) is 0.747. The fourth-order valence-corrected chi connectivity index (χ4v) is 6.05. The van der Waals surface area contributed by atoms with Gasteiger partial charge in [0, 0.05) is 40.6 Å². The first-order valence-corrected chi connectivity index (χ1v) is 13.1. The highest BCUT2D eigenvalue weighted by atomic mass is 35.5. The van der Waals surface area contributed by atoms with Crippen molar-refractivity contribution in [1.29, 1.82) is 0 Å². The summed E-state index contributed by atoms with van der Waals surface area (Å²) in [5.41, 5.74) is 3.03. The Hall–Kier alpha value is -3.62. The van der Waals surface area contributed by atoms with Crippen molar-refractivity contribution in [1.82, 2.24) is 9.88 Å². The van der Waals surface area contributed by atoms with Crippen LogP contribution in [0.15, 0.2) is 71.8 Å². The molecule has 2 heterocycles. The van der Waals surface area contributed by atoms with Crippen LogP contribution in [0.25, 0.3) is 10.9 Å². The minimum absolute atomic E-state index is 0.156. The molecule has 1 aliphatic heterocycles. The Morgan fingerprint density at radius 3 is 2.57 bits per heavy atom. The van der Waals surface area contributed by atoms with Gasteiger partial charge in [-0.1, -0.05) is 59.8 Å². The van der Waals surface area contributed by atoms with Crippen molar-refractivity contribution in [2.45, 2.75) is 17.6 Å². The second-order valence-electron chi connectivity index (χ2n) is 8.60. The van der Waals surface area contributed by atoms with E-state index in [1.54, 1.807) is 25.3 Å². The van der Waals surface area contributed by atoms with Crippen molar-refractivity contribution < 1.29 is 19.1 Å². The van der Waals surface area contributed by atoms with Crippen LogP contribution in [0.4, 0.5) is 5.69 Å². The molecule has 9 heteroatoms. The molecule has 0 bridgehead atoms. The normalized spacial score (nSPS) is 15.3. The first-order chi connectivity index (χ1) is 17.9. The molecule has 1 aromatic heterocycles. The van der Waals surface area contributed by atoms with Crippen LogP contribution in [-0.4, -0.2) is 36.4 Å². The van der Waals surface area contributed by atoms with E-state index in [9.17, 15) is 9.59 Å². The molecule has 4 aromatic rings. The number of carbonyl (C=O) groups is 2. The summed E-state index contributed by atoms with van der Waals surface area (Å²) in [4.78, 5) is 29.3. The number of hydrogen-bond acceptors (Lipinski definition) is 5. The maximum Gasteiger partial charge on any atom is 0.248 e. The minimum Gasteiger partial charge on any atom is -0.496 e. The second-order valence-corrected chi connectivity index (χ2v) is 10.00. The van der Waals surface area contributed by atoms with E-state index in [-0.39, 0.29) is 24.1 Å². The molecule has 1 aliphatic rings. The molecule has 0 fully saturated rings. The van der Waals surface area contributed by atoms with Crippen molar-refractivity contribution >= 4 is 51.8 Å². The Morgan fingerprint density at radius 1 is 1.05 bits per heavy atom. The van der Waals surface area contributed by atoms with E-state index in [0.717, 1.165) is 27.1 Å². The van der Waals surface area contributed by atoms with Gasteiger partial charge in [0.2, 0.25) is 11.8 Å². The van der Waals surface area contributed by atoms with Gasteiger partial charge in [-0.3, -0.25) is 14.5 Å². The fourth-order valence-electron chi connectivity index (χ4n) is 4.81. The molecule has 0 aliphatic carbocycles. The number of aromatic nitrogens is 1. The summed E-state index contributed by atoms with van der Waals surface area (Å²) in [7, 11) is 5.08. The Bertz CT molecular complexity index is 1500. The van der Waals surface area contributed by atoms with Gasteiger partial charge >= 0.3 is 0 Å². The number of rotatable bonds is 6. The van der Waals surface area contributed by atoms with Gasteiger partial charge in [-0.2, -0.15) is 0 Å². The van der Waals surface area contributed by atoms with Crippen LogP contribution in [0.5, 0.6) is 11.5 Å². The molecule has 1 unspecified atom stereocenters. The molecule has 0 saturated heterocycles. The SMILES string of the molecule is COc1ccccc1CNC(=O)C1c2c(n(C)c3ccccc23)SCC(=O)N1c1cc(Cl)ccc1OC. The highest BCUT2D eigenvalue weighted by molar-refractivity contribution is 8.00. The molecule has 37 heavy (non-hydrogen) atoms. The van der Waals surface area contributed by atoms with E-state index in [4.69, 9.17) is 21.1 Å². The standard InChI is InChI=1S/C28H26ClN3O4S/c1-31-20-10-6-5-9-19(20)25-26(27(34)30-15-17-8-4-7-11-22(17)35-2)32(24(33)16-37-28(25)31)21-14-18(29)12-13-23(21)36-3/h4-14,26H,15-16H2,1-3H3,(H,30,34). The van der Waals surface area contributed by atoms with Crippen molar-refractivity contribution in [3.05, 3.63) is 82.9 Å². The van der Waals surface area contributed by atoms with Crippen LogP contribution < -0.4 is 19.7 Å². The zero-order valence-corrected chi connectivity index (χ0v) is 22.2. The number of carbonyl (C=O) groups excluding carboxylic acids is 2. The molecule has 190 valence electrons. The molecule has 3 aromatic carbocycles. The summed E-state index contributed by atoms with van der Waals surface area (Å²) < 4.78 is 13.1. The Kier molecular flexibility index (Phi) is 7.04. The average Bonchev–Trinajstić information content (AvgIpc) is 3.09. The predicted molar refractivity (Wildman–Crippen MR) is 147 cm³/mol. The van der Waals surface area contributed by atoms with Gasteiger partial charge in [0.1, 0.15) is 17.5 Å². The Labute approximate surface area is 224 Å². The van der Waals surface area contributed by atoms with Crippen molar-refractivity contribution in [2.24, 2.45) is 7.05 Å². The topological polar surface area (TPSA) is 72.8 Å². The van der Waals surface area contributed by atoms with E-state index in [2.05, 4.69) is 5.32 Å². The van der Waals surface area contributed by atoms with Crippen molar-refractivity contribution in [2.75, 3.05) is 24.9 Å². The van der Waals surface area contributed by atoms with Crippen LogP contribution in [-0.2, 0) is 23.2 Å². The number of anilines is 1. The maximum absolute atomic E-state index is 14.1. The summed E-state index contributed by atoms with van der Waals surface area (Å²) in [6.07, 6.45) is 0. The fraction of sp³-hybridized carbons (Fsp3) is 0.214. The summed E-state index contributed by atoms with van der Waals surface area (Å²) in [6, 6.07) is 19.5. The van der Waals surface area contributed by atoms with Crippen molar-refractivity contribution in [3.8, 4) is 11.5 Å². The number of para-hydroxylation sites is 2. The molecule has 0 saturated carbocycles. The molecular weight excluding hydrogens is 510 g/mol. The third-order valence-corrected chi connectivity index (χ3v) is 7.91. The number of nitrogens with one attached hydrogen (secondary N) is 1. The predicted octanol–water partition coefficient (Wildman–Crippen LogP) is 5.35.